The molecule has 1 aliphatic carbocycles. The lowest BCUT2D eigenvalue weighted by molar-refractivity contribution is -0.462. The van der Waals surface area contributed by atoms with E-state index in [4.69, 9.17) is 0 Å². The van der Waals surface area contributed by atoms with Crippen molar-refractivity contribution < 1.29 is 4.58 Å². The Morgan fingerprint density at radius 3 is 1.73 bits per heavy atom. The average molecular weight is 402 g/mol. The molecule has 3 heteroatoms. The molecule has 0 N–H and O–H groups in total. The number of hydrogen-bond donors (Lipinski definition) is 0. The number of allylic oxidation sites excluding steroid dienone is 5. The summed E-state index contributed by atoms with van der Waals surface area (Å²) in [5.41, 5.74) is 8.71. The zero-order chi connectivity index (χ0) is 21.9. The van der Waals surface area contributed by atoms with Gasteiger partial charge in [0.25, 0.3) is 0 Å². The highest BCUT2D eigenvalue weighted by Crippen LogP contribution is 2.32. The third kappa shape index (κ3) is 4.63. The van der Waals surface area contributed by atoms with Gasteiger partial charge in [-0.05, 0) is 77.7 Å². The molecule has 2 aromatic rings. The van der Waals surface area contributed by atoms with Gasteiger partial charge >= 0.3 is 0 Å². The second-order valence-corrected chi connectivity index (χ2v) is 8.81. The largest absolute Gasteiger partial charge is 0.378 e. The van der Waals surface area contributed by atoms with E-state index in [0.29, 0.717) is 0 Å². The van der Waals surface area contributed by atoms with E-state index in [2.05, 4.69) is 132 Å². The molecule has 1 aliphatic rings. The van der Waals surface area contributed by atoms with Crippen molar-refractivity contribution in [2.24, 2.45) is 0 Å². The van der Waals surface area contributed by atoms with Crippen LogP contribution in [0.25, 0.3) is 5.57 Å². The highest BCUT2D eigenvalue weighted by molar-refractivity contribution is 6.04. The molecular formula is C27H35N3+2. The van der Waals surface area contributed by atoms with E-state index >= 15 is 0 Å². The minimum absolute atomic E-state index is 0.880. The molecule has 0 saturated carbocycles. The molecule has 0 fully saturated rings. The van der Waals surface area contributed by atoms with Gasteiger partial charge in [-0.15, -0.1) is 0 Å². The van der Waals surface area contributed by atoms with Crippen molar-refractivity contribution >= 4 is 22.7 Å². The summed E-state index contributed by atoms with van der Waals surface area (Å²) in [5, 5.41) is 0. The van der Waals surface area contributed by atoms with Crippen LogP contribution in [0.2, 0.25) is 0 Å². The maximum Gasteiger partial charge on any atom is 0.199 e. The van der Waals surface area contributed by atoms with Crippen molar-refractivity contribution in [3.05, 3.63) is 89.5 Å². The zero-order valence-electron chi connectivity index (χ0n) is 19.5. The van der Waals surface area contributed by atoms with Gasteiger partial charge in [-0.2, -0.15) is 0 Å². The van der Waals surface area contributed by atoms with E-state index in [1.165, 1.54) is 39.4 Å². The Bertz CT molecular complexity index is 993. The van der Waals surface area contributed by atoms with Gasteiger partial charge in [-0.3, -0.25) is 4.48 Å². The number of benzene rings is 2. The summed E-state index contributed by atoms with van der Waals surface area (Å²) in [7, 11) is 12.8. The lowest BCUT2D eigenvalue weighted by Gasteiger charge is -2.28. The van der Waals surface area contributed by atoms with Crippen LogP contribution in [0, 0.1) is 0 Å². The van der Waals surface area contributed by atoms with E-state index in [0.717, 1.165) is 11.0 Å². The maximum atomic E-state index is 2.27. The fourth-order valence-corrected chi connectivity index (χ4v) is 3.57. The lowest BCUT2D eigenvalue weighted by atomic mass is 9.90. The van der Waals surface area contributed by atoms with Crippen LogP contribution in [-0.2, 0) is 0 Å². The van der Waals surface area contributed by atoms with E-state index in [9.17, 15) is 0 Å². The molecule has 156 valence electrons. The van der Waals surface area contributed by atoms with Crippen LogP contribution < -0.4 is 9.38 Å². The fraction of sp³-hybridized carbons (Fsp3) is 0.296. The molecule has 0 saturated heterocycles. The first-order valence-electron chi connectivity index (χ1n) is 10.6. The number of anilines is 1. The van der Waals surface area contributed by atoms with Gasteiger partial charge in [-0.25, -0.2) is 4.58 Å². The standard InChI is InChI=1S/C27H35N3/c1-8-30(6,7)26-19-13-23(14-20-26)27(21-9-15-24(16-10-21)28(2)3)22-11-17-25(18-12-22)29(4)5/h9-20H,8H2,1-7H3/q+2. The highest BCUT2D eigenvalue weighted by Gasteiger charge is 2.18. The van der Waals surface area contributed by atoms with Gasteiger partial charge in [-0.1, -0.05) is 12.1 Å². The Morgan fingerprint density at radius 2 is 1.30 bits per heavy atom. The summed E-state index contributed by atoms with van der Waals surface area (Å²) in [5.74, 6) is 0. The van der Waals surface area contributed by atoms with Gasteiger partial charge < -0.3 is 4.90 Å². The van der Waals surface area contributed by atoms with Crippen LogP contribution >= 0.6 is 0 Å². The summed E-state index contributed by atoms with van der Waals surface area (Å²) in [4.78, 5) is 2.13. The Morgan fingerprint density at radius 1 is 0.800 bits per heavy atom. The molecule has 0 bridgehead atoms. The molecule has 0 aromatic heterocycles. The molecule has 0 aliphatic heterocycles. The van der Waals surface area contributed by atoms with Gasteiger partial charge in [0, 0.05) is 31.9 Å². The molecule has 0 atom stereocenters. The Hall–Kier alpha value is -2.91. The summed E-state index contributed by atoms with van der Waals surface area (Å²) in [6.45, 7) is 3.29. The monoisotopic (exact) mass is 401 g/mol. The molecular weight excluding hydrogens is 366 g/mol. The molecule has 0 amide bonds. The quantitative estimate of drug-likeness (QED) is 0.506. The smallest absolute Gasteiger partial charge is 0.199 e. The van der Waals surface area contributed by atoms with E-state index < -0.39 is 0 Å². The number of quaternary nitrogens is 1. The first-order chi connectivity index (χ1) is 14.2. The minimum Gasteiger partial charge on any atom is -0.378 e. The van der Waals surface area contributed by atoms with Crippen molar-refractivity contribution in [2.45, 2.75) is 6.92 Å². The predicted octanol–water partition coefficient (Wildman–Crippen LogP) is 4.98. The Labute approximate surface area is 182 Å². The molecule has 0 radical (unpaired) electrons. The Balaban J connectivity index is 2.12. The topological polar surface area (TPSA) is 6.25 Å². The molecule has 3 nitrogen and oxygen atoms in total. The zero-order valence-corrected chi connectivity index (χ0v) is 19.5. The van der Waals surface area contributed by atoms with Crippen molar-refractivity contribution in [1.82, 2.24) is 4.48 Å². The van der Waals surface area contributed by atoms with Crippen molar-refractivity contribution in [3.63, 3.8) is 0 Å². The van der Waals surface area contributed by atoms with Crippen LogP contribution in [0.1, 0.15) is 18.1 Å². The average Bonchev–Trinajstić information content (AvgIpc) is 2.75. The van der Waals surface area contributed by atoms with Gasteiger partial charge in [0.05, 0.1) is 20.6 Å². The number of hydrogen-bond acceptors (Lipinski definition) is 1. The van der Waals surface area contributed by atoms with Gasteiger partial charge in [0.2, 0.25) is 0 Å². The highest BCUT2D eigenvalue weighted by atomic mass is 15.3. The molecule has 2 aromatic carbocycles. The number of rotatable bonds is 5. The van der Waals surface area contributed by atoms with Crippen molar-refractivity contribution in [3.8, 4) is 0 Å². The Kier molecular flexibility index (Phi) is 6.42. The van der Waals surface area contributed by atoms with Gasteiger partial charge in [0.15, 0.2) is 5.71 Å². The summed E-state index contributed by atoms with van der Waals surface area (Å²) < 4.78 is 3.01. The second-order valence-electron chi connectivity index (χ2n) is 8.81. The minimum atomic E-state index is 0.880. The van der Waals surface area contributed by atoms with Crippen molar-refractivity contribution in [1.29, 1.82) is 0 Å². The molecule has 30 heavy (non-hydrogen) atoms. The van der Waals surface area contributed by atoms with Crippen LogP contribution in [0.3, 0.4) is 0 Å². The van der Waals surface area contributed by atoms with E-state index in [1.54, 1.807) is 0 Å². The molecule has 0 unspecified atom stereocenters. The van der Waals surface area contributed by atoms with Crippen LogP contribution in [0.5, 0.6) is 0 Å². The first-order valence-corrected chi connectivity index (χ1v) is 10.6. The normalized spacial score (nSPS) is 13.6. The first kappa shape index (κ1) is 21.8. The van der Waals surface area contributed by atoms with Crippen LogP contribution in [-0.4, -0.2) is 59.1 Å². The fourth-order valence-electron chi connectivity index (χ4n) is 3.57. The van der Waals surface area contributed by atoms with Crippen molar-refractivity contribution in [2.75, 3.05) is 53.7 Å². The SMILES string of the molecule is CC[N+](C)(C)c1ccc(C(=C2C=CC(=[N+](C)C)C=C2)c2ccc(N(C)C)cc2)cc1. The van der Waals surface area contributed by atoms with E-state index in [1.807, 2.05) is 0 Å². The lowest BCUT2D eigenvalue weighted by Crippen LogP contribution is -2.39. The molecule has 0 spiro atoms. The van der Waals surface area contributed by atoms with E-state index in [-0.39, 0.29) is 0 Å². The van der Waals surface area contributed by atoms with Crippen LogP contribution in [0.15, 0.2) is 78.4 Å². The third-order valence-corrected chi connectivity index (χ3v) is 5.99. The number of nitrogens with zero attached hydrogens (tertiary/aromatic N) is 3. The third-order valence-electron chi connectivity index (χ3n) is 5.99. The summed E-state index contributed by atoms with van der Waals surface area (Å²) >= 11 is 0. The van der Waals surface area contributed by atoms with Gasteiger partial charge in [0.1, 0.15) is 19.8 Å². The summed E-state index contributed by atoms with van der Waals surface area (Å²) in [6.07, 6.45) is 8.83. The second kappa shape index (κ2) is 8.85. The molecule has 0 heterocycles. The summed E-state index contributed by atoms with van der Waals surface area (Å²) in [6, 6.07) is 17.9. The van der Waals surface area contributed by atoms with Crippen LogP contribution in [0.4, 0.5) is 11.4 Å². The predicted molar refractivity (Wildman–Crippen MR) is 133 cm³/mol. The molecule has 3 rings (SSSR count). The maximum absolute atomic E-state index is 2.27.